The lowest BCUT2D eigenvalue weighted by molar-refractivity contribution is -0.137. The minimum absolute atomic E-state index is 0.0907. The van der Waals surface area contributed by atoms with Gasteiger partial charge in [0.05, 0.1) is 18.4 Å². The van der Waals surface area contributed by atoms with E-state index >= 15 is 0 Å². The topological polar surface area (TPSA) is 38.3 Å². The van der Waals surface area contributed by atoms with Gasteiger partial charge in [-0.25, -0.2) is 4.79 Å². The summed E-state index contributed by atoms with van der Waals surface area (Å²) in [7, 11) is 1.20. The Labute approximate surface area is 109 Å². The highest BCUT2D eigenvalue weighted by atomic mass is 19.4. The predicted molar refractivity (Wildman–Crippen MR) is 65.5 cm³/mol. The number of allylic oxidation sites excluding steroid dienone is 1. The molecule has 104 valence electrons. The van der Waals surface area contributed by atoms with Crippen molar-refractivity contribution in [1.82, 2.24) is 0 Å². The SMILES string of the molecule is CC/C(=C\C(=O)OC)Nc1ccccc1C(F)(F)F. The second-order valence-corrected chi connectivity index (χ2v) is 3.71. The number of methoxy groups -OCH3 is 1. The number of carbonyl (C=O) groups is 1. The maximum absolute atomic E-state index is 12.8. The van der Waals surface area contributed by atoms with Crippen LogP contribution in [0, 0.1) is 0 Å². The van der Waals surface area contributed by atoms with Gasteiger partial charge in [0, 0.05) is 11.8 Å². The largest absolute Gasteiger partial charge is 0.466 e. The van der Waals surface area contributed by atoms with Crippen molar-refractivity contribution in [1.29, 1.82) is 0 Å². The standard InChI is InChI=1S/C13H14F3NO2/c1-3-9(8-12(18)19-2)17-11-7-5-4-6-10(11)13(14,15)16/h4-8,17H,3H2,1-2H3/b9-8+. The first-order chi connectivity index (χ1) is 8.88. The van der Waals surface area contributed by atoms with E-state index in [1.807, 2.05) is 0 Å². The lowest BCUT2D eigenvalue weighted by atomic mass is 10.1. The van der Waals surface area contributed by atoms with Crippen molar-refractivity contribution in [2.75, 3.05) is 12.4 Å². The number of alkyl halides is 3. The zero-order valence-electron chi connectivity index (χ0n) is 10.5. The molecule has 0 amide bonds. The van der Waals surface area contributed by atoms with Gasteiger partial charge in [-0.1, -0.05) is 19.1 Å². The molecular weight excluding hydrogens is 259 g/mol. The van der Waals surface area contributed by atoms with Gasteiger partial charge in [-0.2, -0.15) is 13.2 Å². The van der Waals surface area contributed by atoms with Crippen LogP contribution in [0.15, 0.2) is 36.0 Å². The number of esters is 1. The Morgan fingerprint density at radius 3 is 2.53 bits per heavy atom. The molecule has 3 nitrogen and oxygen atoms in total. The van der Waals surface area contributed by atoms with Crippen LogP contribution in [0.5, 0.6) is 0 Å². The van der Waals surface area contributed by atoms with Crippen LogP contribution in [0.4, 0.5) is 18.9 Å². The number of ether oxygens (including phenoxy) is 1. The molecule has 0 bridgehead atoms. The number of hydrogen-bond acceptors (Lipinski definition) is 3. The van der Waals surface area contributed by atoms with E-state index in [0.717, 1.165) is 12.1 Å². The summed E-state index contributed by atoms with van der Waals surface area (Å²) in [6.07, 6.45) is -2.94. The molecule has 0 heterocycles. The zero-order valence-corrected chi connectivity index (χ0v) is 10.5. The van der Waals surface area contributed by atoms with Crippen LogP contribution in [0.3, 0.4) is 0 Å². The maximum atomic E-state index is 12.8. The summed E-state index contributed by atoms with van der Waals surface area (Å²) < 4.78 is 42.8. The smallest absolute Gasteiger partial charge is 0.418 e. The van der Waals surface area contributed by atoms with E-state index in [9.17, 15) is 18.0 Å². The number of anilines is 1. The molecule has 1 aromatic rings. The first-order valence-corrected chi connectivity index (χ1v) is 5.60. The molecule has 0 saturated heterocycles. The van der Waals surface area contributed by atoms with Crippen molar-refractivity contribution in [3.05, 3.63) is 41.6 Å². The van der Waals surface area contributed by atoms with Gasteiger partial charge < -0.3 is 10.1 Å². The minimum Gasteiger partial charge on any atom is -0.466 e. The highest BCUT2D eigenvalue weighted by Crippen LogP contribution is 2.35. The van der Waals surface area contributed by atoms with Gasteiger partial charge in [-0.15, -0.1) is 0 Å². The highest BCUT2D eigenvalue weighted by Gasteiger charge is 2.33. The van der Waals surface area contributed by atoms with Gasteiger partial charge in [-0.05, 0) is 18.6 Å². The van der Waals surface area contributed by atoms with Gasteiger partial charge in [-0.3, -0.25) is 0 Å². The summed E-state index contributed by atoms with van der Waals surface area (Å²) >= 11 is 0. The summed E-state index contributed by atoms with van der Waals surface area (Å²) in [5.41, 5.74) is -0.519. The van der Waals surface area contributed by atoms with E-state index in [1.54, 1.807) is 6.92 Å². The Kier molecular flexibility index (Phi) is 4.97. The molecule has 1 N–H and O–H groups in total. The number of halogens is 3. The fourth-order valence-electron chi connectivity index (χ4n) is 1.44. The molecule has 0 atom stereocenters. The fourth-order valence-corrected chi connectivity index (χ4v) is 1.44. The van der Waals surface area contributed by atoms with E-state index < -0.39 is 17.7 Å². The third-order valence-electron chi connectivity index (χ3n) is 2.40. The van der Waals surface area contributed by atoms with Gasteiger partial charge >= 0.3 is 12.1 Å². The number of hydrogen-bond donors (Lipinski definition) is 1. The summed E-state index contributed by atoms with van der Waals surface area (Å²) in [6, 6.07) is 5.09. The molecule has 0 unspecified atom stereocenters. The van der Waals surface area contributed by atoms with Crippen molar-refractivity contribution >= 4 is 11.7 Å². The van der Waals surface area contributed by atoms with E-state index in [0.29, 0.717) is 12.1 Å². The average Bonchev–Trinajstić information content (AvgIpc) is 2.37. The molecule has 0 aliphatic heterocycles. The molecule has 0 spiro atoms. The number of para-hydroxylation sites is 1. The van der Waals surface area contributed by atoms with Crippen LogP contribution in [-0.2, 0) is 15.7 Å². The molecular formula is C13H14F3NO2. The van der Waals surface area contributed by atoms with Crippen LogP contribution < -0.4 is 5.32 Å². The lowest BCUT2D eigenvalue weighted by Crippen LogP contribution is -2.11. The summed E-state index contributed by atoms with van der Waals surface area (Å²) in [6.45, 7) is 1.72. The number of nitrogens with one attached hydrogen (secondary N) is 1. The molecule has 19 heavy (non-hydrogen) atoms. The van der Waals surface area contributed by atoms with E-state index in [-0.39, 0.29) is 5.69 Å². The predicted octanol–water partition coefficient (Wildman–Crippen LogP) is 3.58. The lowest BCUT2D eigenvalue weighted by Gasteiger charge is -2.15. The van der Waals surface area contributed by atoms with Crippen molar-refractivity contribution in [3.8, 4) is 0 Å². The monoisotopic (exact) mass is 273 g/mol. The Bertz CT molecular complexity index is 481. The molecule has 0 fully saturated rings. The normalized spacial score (nSPS) is 12.2. The van der Waals surface area contributed by atoms with Gasteiger partial charge in [0.2, 0.25) is 0 Å². The zero-order chi connectivity index (χ0) is 14.5. The Morgan fingerprint density at radius 1 is 1.37 bits per heavy atom. The van der Waals surface area contributed by atoms with Crippen LogP contribution >= 0.6 is 0 Å². The number of rotatable bonds is 4. The third-order valence-corrected chi connectivity index (χ3v) is 2.40. The Morgan fingerprint density at radius 2 is 2.00 bits per heavy atom. The Hall–Kier alpha value is -1.98. The molecule has 0 aliphatic carbocycles. The van der Waals surface area contributed by atoms with Crippen molar-refractivity contribution in [2.24, 2.45) is 0 Å². The highest BCUT2D eigenvalue weighted by molar-refractivity contribution is 5.83. The fraction of sp³-hybridized carbons (Fsp3) is 0.308. The number of carbonyl (C=O) groups excluding carboxylic acids is 1. The molecule has 0 radical (unpaired) electrons. The Balaban J connectivity index is 3.05. The summed E-state index contributed by atoms with van der Waals surface area (Å²) in [4.78, 5) is 11.1. The number of benzene rings is 1. The van der Waals surface area contributed by atoms with Crippen LogP contribution in [0.2, 0.25) is 0 Å². The van der Waals surface area contributed by atoms with Crippen LogP contribution in [-0.4, -0.2) is 13.1 Å². The van der Waals surface area contributed by atoms with Crippen molar-refractivity contribution in [3.63, 3.8) is 0 Å². The third kappa shape index (κ3) is 4.31. The first kappa shape index (κ1) is 15.1. The maximum Gasteiger partial charge on any atom is 0.418 e. The second-order valence-electron chi connectivity index (χ2n) is 3.71. The quantitative estimate of drug-likeness (QED) is 0.673. The molecule has 0 saturated carbocycles. The van der Waals surface area contributed by atoms with Crippen LogP contribution in [0.1, 0.15) is 18.9 Å². The van der Waals surface area contributed by atoms with Crippen molar-refractivity contribution in [2.45, 2.75) is 19.5 Å². The molecule has 0 aromatic heterocycles. The van der Waals surface area contributed by atoms with Gasteiger partial charge in [0.25, 0.3) is 0 Å². The molecule has 1 aromatic carbocycles. The van der Waals surface area contributed by atoms with E-state index in [2.05, 4.69) is 10.1 Å². The average molecular weight is 273 g/mol. The molecule has 1 rings (SSSR count). The molecule has 6 heteroatoms. The second kappa shape index (κ2) is 6.26. The van der Waals surface area contributed by atoms with Gasteiger partial charge in [0.1, 0.15) is 0 Å². The van der Waals surface area contributed by atoms with Crippen molar-refractivity contribution < 1.29 is 22.7 Å². The van der Waals surface area contributed by atoms with E-state index in [4.69, 9.17) is 0 Å². The molecule has 0 aliphatic rings. The summed E-state index contributed by atoms with van der Waals surface area (Å²) in [5.74, 6) is -0.617. The van der Waals surface area contributed by atoms with Gasteiger partial charge in [0.15, 0.2) is 0 Å². The summed E-state index contributed by atoms with van der Waals surface area (Å²) in [5, 5.41) is 2.61. The van der Waals surface area contributed by atoms with E-state index in [1.165, 1.54) is 25.3 Å². The van der Waals surface area contributed by atoms with Crippen LogP contribution in [0.25, 0.3) is 0 Å². The minimum atomic E-state index is -4.45. The first-order valence-electron chi connectivity index (χ1n) is 5.60.